The molecule has 7 heteroatoms. The van der Waals surface area contributed by atoms with Gasteiger partial charge in [0.25, 0.3) is 10.0 Å². The molecule has 0 spiro atoms. The van der Waals surface area contributed by atoms with E-state index >= 15 is 0 Å². The number of para-hydroxylation sites is 1. The summed E-state index contributed by atoms with van der Waals surface area (Å²) in [5, 5.41) is 3.66. The summed E-state index contributed by atoms with van der Waals surface area (Å²) in [6, 6.07) is 15.5. The van der Waals surface area contributed by atoms with Crippen LogP contribution in [-0.2, 0) is 14.8 Å². The van der Waals surface area contributed by atoms with Crippen molar-refractivity contribution in [2.24, 2.45) is 0 Å². The van der Waals surface area contributed by atoms with Crippen molar-refractivity contribution in [1.82, 2.24) is 5.32 Å². The lowest BCUT2D eigenvalue weighted by Crippen LogP contribution is -2.41. The Kier molecular flexibility index (Phi) is 8.84. The summed E-state index contributed by atoms with van der Waals surface area (Å²) in [7, 11) is -3.85. The second-order valence-electron chi connectivity index (χ2n) is 7.99. The normalized spacial score (nSPS) is 14.9. The largest absolute Gasteiger partial charge is 0.354 e. The molecular formula is C24H32N2O3S2. The fraction of sp³-hybridized carbons (Fsp3) is 0.458. The molecule has 0 aromatic heterocycles. The fourth-order valence-electron chi connectivity index (χ4n) is 3.71. The van der Waals surface area contributed by atoms with E-state index in [0.29, 0.717) is 12.2 Å². The molecule has 0 heterocycles. The number of nitrogens with zero attached hydrogens (tertiary/aromatic N) is 1. The third kappa shape index (κ3) is 7.01. The third-order valence-electron chi connectivity index (χ3n) is 5.49. The molecule has 1 aliphatic carbocycles. The highest BCUT2D eigenvalue weighted by atomic mass is 32.2. The summed E-state index contributed by atoms with van der Waals surface area (Å²) in [5.41, 5.74) is 1.46. The number of hydrogen-bond donors (Lipinski definition) is 1. The van der Waals surface area contributed by atoms with Gasteiger partial charge in [-0.05, 0) is 56.2 Å². The molecule has 0 bridgehead atoms. The van der Waals surface area contributed by atoms with Gasteiger partial charge in [-0.25, -0.2) is 8.42 Å². The van der Waals surface area contributed by atoms with E-state index in [0.717, 1.165) is 23.0 Å². The van der Waals surface area contributed by atoms with Crippen molar-refractivity contribution in [1.29, 1.82) is 0 Å². The summed E-state index contributed by atoms with van der Waals surface area (Å²) in [6.45, 7) is 2.23. The van der Waals surface area contributed by atoms with E-state index in [4.69, 9.17) is 0 Å². The SMILES string of the molecule is Cc1ccc(S(=O)(=O)N(CC(=O)NCCCSC2CCCCC2)c2ccccc2)cc1. The number of amides is 1. The Labute approximate surface area is 190 Å². The number of nitrogens with one attached hydrogen (secondary N) is 1. The smallest absolute Gasteiger partial charge is 0.264 e. The van der Waals surface area contributed by atoms with E-state index in [1.54, 1.807) is 48.5 Å². The maximum Gasteiger partial charge on any atom is 0.264 e. The van der Waals surface area contributed by atoms with Crippen LogP contribution in [0.1, 0.15) is 44.1 Å². The molecule has 0 saturated heterocycles. The molecule has 0 radical (unpaired) electrons. The zero-order chi connectivity index (χ0) is 22.1. The Bertz CT molecular complexity index is 925. The number of sulfonamides is 1. The molecular weight excluding hydrogens is 428 g/mol. The van der Waals surface area contributed by atoms with Crippen LogP contribution in [0.2, 0.25) is 0 Å². The summed E-state index contributed by atoms with van der Waals surface area (Å²) in [5.74, 6) is 0.733. The van der Waals surface area contributed by atoms with Gasteiger partial charge in [0.15, 0.2) is 0 Å². The average Bonchev–Trinajstić information content (AvgIpc) is 2.79. The van der Waals surface area contributed by atoms with E-state index in [1.807, 2.05) is 24.8 Å². The number of rotatable bonds is 10. The molecule has 5 nitrogen and oxygen atoms in total. The number of carbonyl (C=O) groups is 1. The summed E-state index contributed by atoms with van der Waals surface area (Å²) in [4.78, 5) is 12.8. The molecule has 2 aromatic carbocycles. The standard InChI is InChI=1S/C24H32N2O3S2/c1-20-13-15-23(16-14-20)31(28,29)26(21-9-4-2-5-10-21)19-24(27)25-17-8-18-30-22-11-6-3-7-12-22/h2,4-5,9-10,13-16,22H,3,6-8,11-12,17-19H2,1H3,(H,25,27). The van der Waals surface area contributed by atoms with Gasteiger partial charge in [-0.15, -0.1) is 0 Å². The Morgan fingerprint density at radius 3 is 2.39 bits per heavy atom. The van der Waals surface area contributed by atoms with Crippen molar-refractivity contribution in [3.63, 3.8) is 0 Å². The highest BCUT2D eigenvalue weighted by molar-refractivity contribution is 7.99. The van der Waals surface area contributed by atoms with Crippen LogP contribution >= 0.6 is 11.8 Å². The Morgan fingerprint density at radius 1 is 1.03 bits per heavy atom. The van der Waals surface area contributed by atoms with E-state index < -0.39 is 10.0 Å². The summed E-state index contributed by atoms with van der Waals surface area (Å²) >= 11 is 2.00. The van der Waals surface area contributed by atoms with Crippen LogP contribution in [0.3, 0.4) is 0 Å². The predicted molar refractivity (Wildman–Crippen MR) is 129 cm³/mol. The maximum absolute atomic E-state index is 13.3. The number of anilines is 1. The minimum absolute atomic E-state index is 0.179. The van der Waals surface area contributed by atoms with Crippen molar-refractivity contribution >= 4 is 33.4 Å². The lowest BCUT2D eigenvalue weighted by molar-refractivity contribution is -0.119. The lowest BCUT2D eigenvalue weighted by Gasteiger charge is -2.24. The van der Waals surface area contributed by atoms with Crippen molar-refractivity contribution in [3.05, 3.63) is 60.2 Å². The molecule has 3 rings (SSSR count). The molecule has 1 fully saturated rings. The van der Waals surface area contributed by atoms with Crippen molar-refractivity contribution in [2.45, 2.75) is 55.6 Å². The number of carbonyl (C=O) groups excluding carboxylic acids is 1. The van der Waals surface area contributed by atoms with Gasteiger partial charge in [0, 0.05) is 11.8 Å². The number of aryl methyl sites for hydroxylation is 1. The zero-order valence-electron chi connectivity index (χ0n) is 18.1. The molecule has 1 saturated carbocycles. The van der Waals surface area contributed by atoms with Crippen LogP contribution in [0.4, 0.5) is 5.69 Å². The number of benzene rings is 2. The first kappa shape index (κ1) is 23.7. The molecule has 168 valence electrons. The van der Waals surface area contributed by atoms with Gasteiger partial charge in [-0.2, -0.15) is 11.8 Å². The number of thioether (sulfide) groups is 1. The van der Waals surface area contributed by atoms with Gasteiger partial charge in [0.1, 0.15) is 6.54 Å². The van der Waals surface area contributed by atoms with Crippen LogP contribution in [0.25, 0.3) is 0 Å². The quantitative estimate of drug-likeness (QED) is 0.519. The first-order chi connectivity index (χ1) is 15.0. The average molecular weight is 461 g/mol. The molecule has 31 heavy (non-hydrogen) atoms. The van der Waals surface area contributed by atoms with Gasteiger partial charge in [0.05, 0.1) is 10.6 Å². The third-order valence-corrected chi connectivity index (χ3v) is 8.74. The highest BCUT2D eigenvalue weighted by Crippen LogP contribution is 2.28. The first-order valence-electron chi connectivity index (χ1n) is 11.0. The predicted octanol–water partition coefficient (Wildman–Crippen LogP) is 4.76. The monoisotopic (exact) mass is 460 g/mol. The van der Waals surface area contributed by atoms with E-state index in [9.17, 15) is 13.2 Å². The molecule has 1 aliphatic rings. The van der Waals surface area contributed by atoms with Crippen LogP contribution in [0.5, 0.6) is 0 Å². The molecule has 0 unspecified atom stereocenters. The summed E-state index contributed by atoms with van der Waals surface area (Å²) in [6.07, 6.45) is 7.53. The molecule has 1 amide bonds. The molecule has 1 N–H and O–H groups in total. The Morgan fingerprint density at radius 2 is 1.71 bits per heavy atom. The molecule has 0 aliphatic heterocycles. The summed E-state index contributed by atoms with van der Waals surface area (Å²) < 4.78 is 27.7. The van der Waals surface area contributed by atoms with Crippen LogP contribution < -0.4 is 9.62 Å². The Balaban J connectivity index is 1.58. The lowest BCUT2D eigenvalue weighted by atomic mass is 10.0. The zero-order valence-corrected chi connectivity index (χ0v) is 19.8. The van der Waals surface area contributed by atoms with Gasteiger partial charge in [0.2, 0.25) is 5.91 Å². The highest BCUT2D eigenvalue weighted by Gasteiger charge is 2.27. The van der Waals surface area contributed by atoms with Gasteiger partial charge in [-0.1, -0.05) is 55.2 Å². The van der Waals surface area contributed by atoms with Crippen LogP contribution in [-0.4, -0.2) is 38.4 Å². The van der Waals surface area contributed by atoms with Gasteiger partial charge in [-0.3, -0.25) is 9.10 Å². The van der Waals surface area contributed by atoms with E-state index in [2.05, 4.69) is 5.32 Å². The second kappa shape index (κ2) is 11.6. The van der Waals surface area contributed by atoms with Gasteiger partial charge < -0.3 is 5.32 Å². The fourth-order valence-corrected chi connectivity index (χ4v) is 6.45. The van der Waals surface area contributed by atoms with Crippen molar-refractivity contribution in [2.75, 3.05) is 23.1 Å². The minimum atomic E-state index is -3.85. The van der Waals surface area contributed by atoms with Crippen LogP contribution in [0.15, 0.2) is 59.5 Å². The van der Waals surface area contributed by atoms with E-state index in [1.165, 1.54) is 36.4 Å². The van der Waals surface area contributed by atoms with Crippen molar-refractivity contribution in [3.8, 4) is 0 Å². The maximum atomic E-state index is 13.3. The number of hydrogen-bond acceptors (Lipinski definition) is 4. The van der Waals surface area contributed by atoms with Crippen molar-refractivity contribution < 1.29 is 13.2 Å². The van der Waals surface area contributed by atoms with Gasteiger partial charge >= 0.3 is 0 Å². The minimum Gasteiger partial charge on any atom is -0.354 e. The molecule has 0 atom stereocenters. The topological polar surface area (TPSA) is 66.5 Å². The van der Waals surface area contributed by atoms with Crippen LogP contribution in [0, 0.1) is 6.92 Å². The Hall–Kier alpha value is -1.99. The molecule has 2 aromatic rings. The second-order valence-corrected chi connectivity index (χ2v) is 11.3. The first-order valence-corrected chi connectivity index (χ1v) is 13.5. The van der Waals surface area contributed by atoms with E-state index in [-0.39, 0.29) is 17.3 Å².